The van der Waals surface area contributed by atoms with Gasteiger partial charge in [-0.3, -0.25) is 10.1 Å². The number of para-hydroxylation sites is 1. The number of nitrogens with one attached hydrogen (secondary N) is 2. The van der Waals surface area contributed by atoms with Gasteiger partial charge in [0.1, 0.15) is 18.2 Å². The first-order chi connectivity index (χ1) is 13.2. The monoisotopic (exact) mass is 384 g/mol. The molecule has 1 unspecified atom stereocenters. The van der Waals surface area contributed by atoms with Gasteiger partial charge in [-0.2, -0.15) is 0 Å². The molecule has 0 aliphatic heterocycles. The lowest BCUT2D eigenvalue weighted by Gasteiger charge is -2.18. The number of thiophene rings is 1. The van der Waals surface area contributed by atoms with Gasteiger partial charge in [0.15, 0.2) is 0 Å². The molecule has 6 heteroatoms. The van der Waals surface area contributed by atoms with Crippen LogP contribution in [0.15, 0.2) is 72.1 Å². The molecule has 0 fully saturated rings. The zero-order valence-corrected chi connectivity index (χ0v) is 15.5. The Labute approximate surface area is 162 Å². The van der Waals surface area contributed by atoms with E-state index >= 15 is 0 Å². The Morgan fingerprint density at radius 3 is 2.52 bits per heavy atom. The highest BCUT2D eigenvalue weighted by atomic mass is 32.1. The summed E-state index contributed by atoms with van der Waals surface area (Å²) in [6.07, 6.45) is 0. The van der Waals surface area contributed by atoms with E-state index < -0.39 is 0 Å². The molecular formula is C21H21FN2O2S. The van der Waals surface area contributed by atoms with Crippen LogP contribution in [0.3, 0.4) is 0 Å². The summed E-state index contributed by atoms with van der Waals surface area (Å²) < 4.78 is 18.8. The van der Waals surface area contributed by atoms with Gasteiger partial charge in [-0.05, 0) is 41.3 Å². The molecule has 27 heavy (non-hydrogen) atoms. The van der Waals surface area contributed by atoms with E-state index in [2.05, 4.69) is 10.6 Å². The molecule has 0 aliphatic carbocycles. The molecule has 0 spiro atoms. The van der Waals surface area contributed by atoms with Crippen LogP contribution < -0.4 is 15.4 Å². The maximum Gasteiger partial charge on any atom is 0.234 e. The molecule has 3 rings (SSSR count). The molecule has 1 atom stereocenters. The Morgan fingerprint density at radius 2 is 1.81 bits per heavy atom. The summed E-state index contributed by atoms with van der Waals surface area (Å²) in [6.45, 7) is 0.989. The Kier molecular flexibility index (Phi) is 6.96. The number of benzene rings is 2. The summed E-state index contributed by atoms with van der Waals surface area (Å²) >= 11 is 1.59. The van der Waals surface area contributed by atoms with Gasteiger partial charge < -0.3 is 10.1 Å². The Morgan fingerprint density at radius 1 is 1.04 bits per heavy atom. The second-order valence-electron chi connectivity index (χ2n) is 5.89. The van der Waals surface area contributed by atoms with E-state index in [0.717, 1.165) is 16.2 Å². The zero-order valence-electron chi connectivity index (χ0n) is 14.7. The van der Waals surface area contributed by atoms with E-state index in [1.807, 2.05) is 47.8 Å². The van der Waals surface area contributed by atoms with Gasteiger partial charge in [-0.1, -0.05) is 36.4 Å². The van der Waals surface area contributed by atoms with E-state index in [1.54, 1.807) is 23.5 Å². The van der Waals surface area contributed by atoms with Gasteiger partial charge in [0, 0.05) is 4.88 Å². The van der Waals surface area contributed by atoms with Crippen LogP contribution in [0.25, 0.3) is 0 Å². The van der Waals surface area contributed by atoms with Crippen molar-refractivity contribution in [1.29, 1.82) is 0 Å². The molecule has 0 aliphatic rings. The van der Waals surface area contributed by atoms with Crippen molar-refractivity contribution in [1.82, 2.24) is 10.6 Å². The minimum Gasteiger partial charge on any atom is -0.492 e. The van der Waals surface area contributed by atoms with Crippen molar-refractivity contribution in [2.45, 2.75) is 6.04 Å². The summed E-state index contributed by atoms with van der Waals surface area (Å²) in [6, 6.07) is 19.6. The van der Waals surface area contributed by atoms with Crippen LogP contribution in [-0.4, -0.2) is 25.6 Å². The maximum absolute atomic E-state index is 13.2. The summed E-state index contributed by atoms with van der Waals surface area (Å²) in [7, 11) is 0. The molecule has 1 heterocycles. The molecule has 0 radical (unpaired) electrons. The van der Waals surface area contributed by atoms with Gasteiger partial charge in [0.05, 0.1) is 19.1 Å². The van der Waals surface area contributed by atoms with Crippen molar-refractivity contribution in [2.75, 3.05) is 19.7 Å². The fourth-order valence-corrected chi connectivity index (χ4v) is 3.45. The first-order valence-electron chi connectivity index (χ1n) is 8.69. The van der Waals surface area contributed by atoms with Gasteiger partial charge in [0.25, 0.3) is 0 Å². The van der Waals surface area contributed by atoms with Crippen molar-refractivity contribution in [2.24, 2.45) is 0 Å². The topological polar surface area (TPSA) is 50.4 Å². The third kappa shape index (κ3) is 5.91. The number of carbonyl (C=O) groups excluding carboxylic acids is 1. The van der Waals surface area contributed by atoms with Crippen molar-refractivity contribution < 1.29 is 13.9 Å². The van der Waals surface area contributed by atoms with E-state index in [9.17, 15) is 9.18 Å². The summed E-state index contributed by atoms with van der Waals surface area (Å²) in [4.78, 5) is 13.2. The predicted molar refractivity (Wildman–Crippen MR) is 106 cm³/mol. The quantitative estimate of drug-likeness (QED) is 0.552. The SMILES string of the molecule is O=C(CNC(c1ccc(F)cc1)c1cccs1)NCCOc1ccccc1. The molecule has 2 aromatic carbocycles. The maximum atomic E-state index is 13.2. The number of rotatable bonds is 9. The molecule has 140 valence electrons. The summed E-state index contributed by atoms with van der Waals surface area (Å²) in [5.41, 5.74) is 0.916. The lowest BCUT2D eigenvalue weighted by molar-refractivity contribution is -0.120. The Bertz CT molecular complexity index is 823. The number of hydrogen-bond donors (Lipinski definition) is 2. The second-order valence-corrected chi connectivity index (χ2v) is 6.87. The molecule has 1 amide bonds. The minimum absolute atomic E-state index is 0.115. The minimum atomic E-state index is -0.278. The third-order valence-electron chi connectivity index (χ3n) is 3.93. The van der Waals surface area contributed by atoms with Crippen LogP contribution in [0, 0.1) is 5.82 Å². The average molecular weight is 384 g/mol. The first-order valence-corrected chi connectivity index (χ1v) is 9.57. The van der Waals surface area contributed by atoms with Crippen molar-refractivity contribution in [3.63, 3.8) is 0 Å². The fourth-order valence-electron chi connectivity index (χ4n) is 2.63. The van der Waals surface area contributed by atoms with Crippen LogP contribution in [0.1, 0.15) is 16.5 Å². The van der Waals surface area contributed by atoms with Crippen LogP contribution in [0.5, 0.6) is 5.75 Å². The highest BCUT2D eigenvalue weighted by Gasteiger charge is 2.16. The van der Waals surface area contributed by atoms with Crippen molar-refractivity contribution >= 4 is 17.2 Å². The first kappa shape index (κ1) is 19.1. The molecule has 1 aromatic heterocycles. The van der Waals surface area contributed by atoms with Gasteiger partial charge in [-0.15, -0.1) is 11.3 Å². The second kappa shape index (κ2) is 9.85. The molecule has 2 N–H and O–H groups in total. The normalized spacial score (nSPS) is 11.7. The molecule has 4 nitrogen and oxygen atoms in total. The van der Waals surface area contributed by atoms with Crippen molar-refractivity contribution in [3.05, 3.63) is 88.4 Å². The average Bonchev–Trinajstić information content (AvgIpc) is 3.22. The number of halogens is 1. The summed E-state index contributed by atoms with van der Waals surface area (Å²) in [5.74, 6) is 0.383. The van der Waals surface area contributed by atoms with E-state index in [0.29, 0.717) is 13.2 Å². The number of hydrogen-bond acceptors (Lipinski definition) is 4. The zero-order chi connectivity index (χ0) is 18.9. The molecule has 0 bridgehead atoms. The van der Waals surface area contributed by atoms with Crippen LogP contribution in [-0.2, 0) is 4.79 Å². The number of carbonyl (C=O) groups is 1. The predicted octanol–water partition coefficient (Wildman–Crippen LogP) is 3.76. The lowest BCUT2D eigenvalue weighted by atomic mass is 10.1. The van der Waals surface area contributed by atoms with Gasteiger partial charge in [-0.25, -0.2) is 4.39 Å². The van der Waals surface area contributed by atoms with E-state index in [4.69, 9.17) is 4.74 Å². The van der Waals surface area contributed by atoms with Gasteiger partial charge in [0.2, 0.25) is 5.91 Å². The smallest absolute Gasteiger partial charge is 0.234 e. The molecule has 0 saturated heterocycles. The van der Waals surface area contributed by atoms with Crippen molar-refractivity contribution in [3.8, 4) is 5.75 Å². The summed E-state index contributed by atoms with van der Waals surface area (Å²) in [5, 5.41) is 8.06. The molecular weight excluding hydrogens is 363 g/mol. The van der Waals surface area contributed by atoms with Crippen LogP contribution >= 0.6 is 11.3 Å². The molecule has 0 saturated carbocycles. The standard InChI is InChI=1S/C21H21FN2O2S/c22-17-10-8-16(9-11-17)21(19-7-4-14-27-19)24-15-20(25)23-12-13-26-18-5-2-1-3-6-18/h1-11,14,21,24H,12-13,15H2,(H,23,25). The van der Waals surface area contributed by atoms with Crippen LogP contribution in [0.2, 0.25) is 0 Å². The van der Waals surface area contributed by atoms with E-state index in [-0.39, 0.29) is 24.3 Å². The van der Waals surface area contributed by atoms with E-state index in [1.165, 1.54) is 12.1 Å². The number of ether oxygens (including phenoxy) is 1. The Hall–Kier alpha value is -2.70. The highest BCUT2D eigenvalue weighted by Crippen LogP contribution is 2.26. The fraction of sp³-hybridized carbons (Fsp3) is 0.190. The highest BCUT2D eigenvalue weighted by molar-refractivity contribution is 7.10. The lowest BCUT2D eigenvalue weighted by Crippen LogP contribution is -2.37. The largest absolute Gasteiger partial charge is 0.492 e. The van der Waals surface area contributed by atoms with Gasteiger partial charge >= 0.3 is 0 Å². The van der Waals surface area contributed by atoms with Crippen LogP contribution in [0.4, 0.5) is 4.39 Å². The molecule has 3 aromatic rings. The third-order valence-corrected chi connectivity index (χ3v) is 4.87. The Balaban J connectivity index is 1.48. The number of amides is 1.